The van der Waals surface area contributed by atoms with Gasteiger partial charge in [-0.3, -0.25) is 9.79 Å². The highest BCUT2D eigenvalue weighted by molar-refractivity contribution is 5.99. The van der Waals surface area contributed by atoms with Crippen molar-refractivity contribution in [1.82, 2.24) is 15.1 Å². The van der Waals surface area contributed by atoms with Gasteiger partial charge in [0, 0.05) is 25.1 Å². The molecule has 1 aromatic heterocycles. The van der Waals surface area contributed by atoms with Crippen LogP contribution in [-0.4, -0.2) is 40.6 Å². The summed E-state index contributed by atoms with van der Waals surface area (Å²) in [7, 11) is 0. The van der Waals surface area contributed by atoms with E-state index in [4.69, 9.17) is 4.74 Å². The molecule has 4 rings (SSSR count). The van der Waals surface area contributed by atoms with Gasteiger partial charge in [-0.15, -0.1) is 0 Å². The third-order valence-corrected chi connectivity index (χ3v) is 5.17. The predicted octanol–water partition coefficient (Wildman–Crippen LogP) is 3.53. The first-order chi connectivity index (χ1) is 15.7. The molecule has 7 heteroatoms. The number of aromatic nitrogens is 2. The first-order valence-corrected chi connectivity index (χ1v) is 10.3. The van der Waals surface area contributed by atoms with Crippen molar-refractivity contribution in [3.8, 4) is 11.4 Å². The summed E-state index contributed by atoms with van der Waals surface area (Å²) in [6, 6.07) is 17.9. The monoisotopic (exact) mass is 427 g/mol. The van der Waals surface area contributed by atoms with Crippen LogP contribution < -0.4 is 15.0 Å². The zero-order valence-electron chi connectivity index (χ0n) is 17.7. The Morgan fingerprint density at radius 1 is 1.19 bits per heavy atom. The van der Waals surface area contributed by atoms with E-state index in [1.807, 2.05) is 53.3 Å². The minimum absolute atomic E-state index is 0.197. The molecule has 0 bridgehead atoms. The molecule has 3 aromatic rings. The summed E-state index contributed by atoms with van der Waals surface area (Å²) in [6.07, 6.45) is 6.05. The topological polar surface area (TPSA) is 71.8 Å². The quantitative estimate of drug-likeness (QED) is 0.559. The molecule has 7 nitrogen and oxygen atoms in total. The summed E-state index contributed by atoms with van der Waals surface area (Å²) in [4.78, 5) is 19.1. The van der Waals surface area contributed by atoms with Crippen LogP contribution in [0.1, 0.15) is 5.56 Å². The van der Waals surface area contributed by atoms with E-state index in [1.165, 1.54) is 6.20 Å². The number of nitrogens with zero attached hydrogens (tertiary/aromatic N) is 4. The maximum atomic E-state index is 12.8. The van der Waals surface area contributed by atoms with E-state index in [0.29, 0.717) is 24.6 Å². The molecule has 0 radical (unpaired) electrons. The lowest BCUT2D eigenvalue weighted by Gasteiger charge is -2.35. The number of carbonyl (C=O) groups is 1. The second-order valence-corrected chi connectivity index (χ2v) is 7.30. The average Bonchev–Trinajstić information content (AvgIpc) is 3.37. The number of carbonyl (C=O) groups excluding carboxylic acids is 1. The van der Waals surface area contributed by atoms with E-state index < -0.39 is 6.10 Å². The van der Waals surface area contributed by atoms with Crippen molar-refractivity contribution in [1.29, 1.82) is 0 Å². The zero-order valence-corrected chi connectivity index (χ0v) is 17.7. The maximum Gasteiger partial charge on any atom is 0.263 e. The molecule has 1 atom stereocenters. The number of rotatable bonds is 8. The van der Waals surface area contributed by atoms with Gasteiger partial charge in [0.25, 0.3) is 5.91 Å². The highest BCUT2D eigenvalue weighted by atomic mass is 16.5. The Morgan fingerprint density at radius 3 is 2.72 bits per heavy atom. The Labute approximate surface area is 187 Å². The molecule has 2 heterocycles. The van der Waals surface area contributed by atoms with E-state index in [0.717, 1.165) is 16.9 Å². The van der Waals surface area contributed by atoms with Gasteiger partial charge in [-0.25, -0.2) is 4.68 Å². The van der Waals surface area contributed by atoms with Crippen molar-refractivity contribution < 1.29 is 9.53 Å². The number of fused-ring (bicyclic) bond motifs is 1. The van der Waals surface area contributed by atoms with Gasteiger partial charge < -0.3 is 15.0 Å². The summed E-state index contributed by atoms with van der Waals surface area (Å²) in [5, 5.41) is 7.14. The number of nitrogens with one attached hydrogen (secondary N) is 1. The van der Waals surface area contributed by atoms with Crippen LogP contribution >= 0.6 is 0 Å². The fourth-order valence-corrected chi connectivity index (χ4v) is 3.57. The van der Waals surface area contributed by atoms with Crippen molar-refractivity contribution >= 4 is 17.3 Å². The summed E-state index contributed by atoms with van der Waals surface area (Å²) in [5.41, 5.74) is 3.73. The minimum Gasteiger partial charge on any atom is -0.477 e. The Bertz CT molecular complexity index is 1120. The average molecular weight is 428 g/mol. The summed E-state index contributed by atoms with van der Waals surface area (Å²) >= 11 is 0. The van der Waals surface area contributed by atoms with Gasteiger partial charge >= 0.3 is 0 Å². The van der Waals surface area contributed by atoms with E-state index in [1.54, 1.807) is 12.3 Å². The van der Waals surface area contributed by atoms with Crippen molar-refractivity contribution in [2.75, 3.05) is 18.0 Å². The molecule has 0 saturated carbocycles. The molecule has 162 valence electrons. The lowest BCUT2D eigenvalue weighted by Crippen LogP contribution is -2.49. The van der Waals surface area contributed by atoms with Crippen LogP contribution in [0.2, 0.25) is 0 Å². The van der Waals surface area contributed by atoms with Crippen molar-refractivity contribution in [2.45, 2.75) is 12.6 Å². The molecular formula is C25H25N5O2. The van der Waals surface area contributed by atoms with Crippen LogP contribution in [0, 0.1) is 0 Å². The Kier molecular flexibility index (Phi) is 6.46. The molecule has 0 fully saturated rings. The molecule has 32 heavy (non-hydrogen) atoms. The van der Waals surface area contributed by atoms with Crippen molar-refractivity contribution in [3.05, 3.63) is 98.0 Å². The van der Waals surface area contributed by atoms with Gasteiger partial charge in [-0.2, -0.15) is 5.10 Å². The van der Waals surface area contributed by atoms with Gasteiger partial charge in [0.2, 0.25) is 0 Å². The number of ether oxygens (including phenoxy) is 1. The summed E-state index contributed by atoms with van der Waals surface area (Å²) in [5.74, 6) is 0.493. The normalized spacial score (nSPS) is 15.4. The molecule has 2 aromatic carbocycles. The number of para-hydroxylation sites is 2. The molecule has 1 N–H and O–H groups in total. The van der Waals surface area contributed by atoms with Crippen LogP contribution in [-0.2, 0) is 11.3 Å². The minimum atomic E-state index is -0.636. The van der Waals surface area contributed by atoms with Gasteiger partial charge in [-0.05, 0) is 42.0 Å². The number of benzene rings is 2. The standard InChI is InChI=1S/C25H25N5O2/c1-3-20(26-4-2)16-27-25(31)24-18-29(22-8-5-6-9-23(22)32-24)17-19-10-12-21(13-11-19)30-15-7-14-28-30/h3-15,24H,1-2,16-18H2,(H,27,31). The first-order valence-electron chi connectivity index (χ1n) is 10.3. The molecule has 1 amide bonds. The second-order valence-electron chi connectivity index (χ2n) is 7.30. The van der Waals surface area contributed by atoms with Crippen LogP contribution in [0.25, 0.3) is 5.69 Å². The van der Waals surface area contributed by atoms with Crippen LogP contribution in [0.15, 0.2) is 97.4 Å². The van der Waals surface area contributed by atoms with E-state index in [-0.39, 0.29) is 12.5 Å². The van der Waals surface area contributed by atoms with E-state index >= 15 is 0 Å². The molecule has 1 aliphatic rings. The fraction of sp³-hybridized carbons (Fsp3) is 0.160. The van der Waals surface area contributed by atoms with Crippen molar-refractivity contribution in [2.24, 2.45) is 4.99 Å². The van der Waals surface area contributed by atoms with Crippen LogP contribution in [0.3, 0.4) is 0 Å². The van der Waals surface area contributed by atoms with Crippen LogP contribution in [0.4, 0.5) is 5.69 Å². The maximum absolute atomic E-state index is 12.8. The SMILES string of the molecule is C=CN=C(C=C)CNC(=O)C1CN(Cc2ccc(-n3cccn3)cc2)c2ccccc2O1. The van der Waals surface area contributed by atoms with Gasteiger partial charge in [0.1, 0.15) is 5.75 Å². The predicted molar refractivity (Wildman–Crippen MR) is 126 cm³/mol. The molecular weight excluding hydrogens is 402 g/mol. The molecule has 0 aliphatic carbocycles. The zero-order chi connectivity index (χ0) is 22.3. The first kappa shape index (κ1) is 21.1. The van der Waals surface area contributed by atoms with Gasteiger partial charge in [0.05, 0.1) is 30.2 Å². The molecule has 1 unspecified atom stereocenters. The Balaban J connectivity index is 1.48. The lowest BCUT2D eigenvalue weighted by molar-refractivity contribution is -0.127. The third kappa shape index (κ3) is 4.78. The highest BCUT2D eigenvalue weighted by Gasteiger charge is 2.30. The molecule has 0 saturated heterocycles. The van der Waals surface area contributed by atoms with Crippen molar-refractivity contribution in [3.63, 3.8) is 0 Å². The Morgan fingerprint density at radius 2 is 2.00 bits per heavy atom. The summed E-state index contributed by atoms with van der Waals surface area (Å²) < 4.78 is 7.83. The summed E-state index contributed by atoms with van der Waals surface area (Å²) in [6.45, 7) is 8.64. The number of hydrogen-bond donors (Lipinski definition) is 1. The number of hydrogen-bond acceptors (Lipinski definition) is 5. The third-order valence-electron chi connectivity index (χ3n) is 5.17. The van der Waals surface area contributed by atoms with Crippen LogP contribution in [0.5, 0.6) is 5.75 Å². The highest BCUT2D eigenvalue weighted by Crippen LogP contribution is 2.34. The second kappa shape index (κ2) is 9.78. The molecule has 0 spiro atoms. The smallest absolute Gasteiger partial charge is 0.263 e. The van der Waals surface area contributed by atoms with E-state index in [9.17, 15) is 4.79 Å². The fourth-order valence-electron chi connectivity index (χ4n) is 3.57. The Hall–Kier alpha value is -4.13. The largest absolute Gasteiger partial charge is 0.477 e. The van der Waals surface area contributed by atoms with Gasteiger partial charge in [0.15, 0.2) is 6.10 Å². The lowest BCUT2D eigenvalue weighted by atomic mass is 10.1. The number of amides is 1. The molecule has 1 aliphatic heterocycles. The number of aliphatic imine (C=N–C) groups is 1. The van der Waals surface area contributed by atoms with Gasteiger partial charge in [-0.1, -0.05) is 37.4 Å². The van der Waals surface area contributed by atoms with E-state index in [2.05, 4.69) is 45.6 Å². The number of anilines is 1.